The van der Waals surface area contributed by atoms with E-state index in [0.29, 0.717) is 0 Å². The van der Waals surface area contributed by atoms with Gasteiger partial charge in [0.15, 0.2) is 0 Å². The van der Waals surface area contributed by atoms with Crippen LogP contribution in [-0.4, -0.2) is 19.2 Å². The number of hydrogen-bond acceptors (Lipinski definition) is 5. The zero-order valence-electron chi connectivity index (χ0n) is 15.0. The summed E-state index contributed by atoms with van der Waals surface area (Å²) < 4.78 is 41.2. The third kappa shape index (κ3) is 4.73. The summed E-state index contributed by atoms with van der Waals surface area (Å²) in [4.78, 5) is 22.0. The number of carbonyl (C=O) groups is 1. The summed E-state index contributed by atoms with van der Waals surface area (Å²) in [5, 5.41) is 13.4. The molecular formula is C19H13ClFN3O5S. The Morgan fingerprint density at radius 1 is 1.00 bits per heavy atom. The Labute approximate surface area is 175 Å². The Morgan fingerprint density at radius 3 is 2.30 bits per heavy atom. The van der Waals surface area contributed by atoms with E-state index in [-0.39, 0.29) is 27.6 Å². The Morgan fingerprint density at radius 2 is 1.67 bits per heavy atom. The highest BCUT2D eigenvalue weighted by Crippen LogP contribution is 2.29. The molecular weight excluding hydrogens is 437 g/mol. The Balaban J connectivity index is 1.89. The van der Waals surface area contributed by atoms with Crippen molar-refractivity contribution in [1.29, 1.82) is 0 Å². The lowest BCUT2D eigenvalue weighted by Crippen LogP contribution is -2.18. The molecule has 0 heterocycles. The number of halogens is 2. The van der Waals surface area contributed by atoms with E-state index in [1.165, 1.54) is 42.5 Å². The molecule has 0 radical (unpaired) electrons. The number of rotatable bonds is 6. The number of carbonyl (C=O) groups excluding carboxylic acids is 1. The maximum Gasteiger partial charge on any atom is 0.269 e. The number of nitro benzene ring substituents is 1. The fraction of sp³-hybridized carbons (Fsp3) is 0. The number of sulfonamides is 1. The quantitative estimate of drug-likeness (QED) is 0.426. The zero-order valence-corrected chi connectivity index (χ0v) is 16.6. The lowest BCUT2D eigenvalue weighted by molar-refractivity contribution is -0.384. The first-order chi connectivity index (χ1) is 14.2. The number of nitro groups is 1. The van der Waals surface area contributed by atoms with Crippen LogP contribution in [0.3, 0.4) is 0 Å². The SMILES string of the molecule is O=C(Nc1cc(Cl)ccc1NS(=O)(=O)c1ccccc1F)c1ccc([N+](=O)[O-])cc1. The van der Waals surface area contributed by atoms with Crippen LogP contribution in [0.1, 0.15) is 10.4 Å². The van der Waals surface area contributed by atoms with Gasteiger partial charge in [0.25, 0.3) is 21.6 Å². The Bertz CT molecular complexity index is 1230. The maximum absolute atomic E-state index is 13.9. The molecule has 0 bridgehead atoms. The lowest BCUT2D eigenvalue weighted by Gasteiger charge is -2.14. The predicted molar refractivity (Wildman–Crippen MR) is 110 cm³/mol. The summed E-state index contributed by atoms with van der Waals surface area (Å²) >= 11 is 5.95. The molecule has 0 atom stereocenters. The molecule has 3 aromatic rings. The standard InChI is InChI=1S/C19H13ClFN3O5S/c20-13-7-10-16(23-30(28,29)18-4-2-1-3-15(18)21)17(11-13)22-19(25)12-5-8-14(9-6-12)24(26)27/h1-11,23H,(H,22,25). The van der Waals surface area contributed by atoms with Crippen molar-refractivity contribution in [2.45, 2.75) is 4.90 Å². The Hall–Kier alpha value is -3.50. The first-order valence-electron chi connectivity index (χ1n) is 8.30. The van der Waals surface area contributed by atoms with Crippen molar-refractivity contribution in [1.82, 2.24) is 0 Å². The fourth-order valence-corrected chi connectivity index (χ4v) is 3.83. The third-order valence-corrected chi connectivity index (χ3v) is 5.57. The molecule has 30 heavy (non-hydrogen) atoms. The minimum atomic E-state index is -4.29. The maximum atomic E-state index is 13.9. The molecule has 0 aliphatic heterocycles. The summed E-state index contributed by atoms with van der Waals surface area (Å²) in [5.74, 6) is -1.59. The van der Waals surface area contributed by atoms with E-state index in [2.05, 4.69) is 10.0 Å². The van der Waals surface area contributed by atoms with E-state index >= 15 is 0 Å². The largest absolute Gasteiger partial charge is 0.320 e. The van der Waals surface area contributed by atoms with Gasteiger partial charge in [-0.2, -0.15) is 0 Å². The van der Waals surface area contributed by atoms with Gasteiger partial charge in [-0.15, -0.1) is 0 Å². The highest BCUT2D eigenvalue weighted by atomic mass is 35.5. The second kappa shape index (κ2) is 8.47. The average molecular weight is 450 g/mol. The summed E-state index contributed by atoms with van der Waals surface area (Å²) in [6, 6.07) is 13.7. The molecule has 0 unspecified atom stereocenters. The second-order valence-electron chi connectivity index (χ2n) is 5.98. The van der Waals surface area contributed by atoms with Crippen molar-refractivity contribution < 1.29 is 22.5 Å². The molecule has 0 saturated heterocycles. The van der Waals surface area contributed by atoms with Crippen molar-refractivity contribution in [3.05, 3.63) is 93.2 Å². The number of amides is 1. The molecule has 2 N–H and O–H groups in total. The van der Waals surface area contributed by atoms with E-state index in [9.17, 15) is 27.7 Å². The summed E-state index contributed by atoms with van der Waals surface area (Å²) in [6.45, 7) is 0. The van der Waals surface area contributed by atoms with Crippen LogP contribution in [0.2, 0.25) is 5.02 Å². The molecule has 1 amide bonds. The van der Waals surface area contributed by atoms with Crippen molar-refractivity contribution >= 4 is 44.6 Å². The van der Waals surface area contributed by atoms with Gasteiger partial charge >= 0.3 is 0 Å². The van der Waals surface area contributed by atoms with Gasteiger partial charge in [-0.1, -0.05) is 23.7 Å². The molecule has 3 aromatic carbocycles. The van der Waals surface area contributed by atoms with Gasteiger partial charge in [0.05, 0.1) is 16.3 Å². The number of nitrogens with one attached hydrogen (secondary N) is 2. The molecule has 0 aromatic heterocycles. The molecule has 0 aliphatic rings. The third-order valence-electron chi connectivity index (χ3n) is 3.94. The number of hydrogen-bond donors (Lipinski definition) is 2. The zero-order chi connectivity index (χ0) is 21.9. The highest BCUT2D eigenvalue weighted by molar-refractivity contribution is 7.92. The number of benzene rings is 3. The number of non-ortho nitro benzene ring substituents is 1. The molecule has 0 aliphatic carbocycles. The van der Waals surface area contributed by atoms with Gasteiger partial charge in [-0.3, -0.25) is 19.6 Å². The Kier molecular flexibility index (Phi) is 5.99. The van der Waals surface area contributed by atoms with Gasteiger partial charge in [-0.25, -0.2) is 12.8 Å². The molecule has 0 fully saturated rings. The van der Waals surface area contributed by atoms with Crippen LogP contribution in [0.4, 0.5) is 21.5 Å². The summed E-state index contributed by atoms with van der Waals surface area (Å²) in [6.07, 6.45) is 0. The minimum Gasteiger partial charge on any atom is -0.320 e. The molecule has 3 rings (SSSR count). The first kappa shape index (κ1) is 21.2. The van der Waals surface area contributed by atoms with Crippen LogP contribution in [0.25, 0.3) is 0 Å². The van der Waals surface area contributed by atoms with Crippen LogP contribution >= 0.6 is 11.6 Å². The summed E-state index contributed by atoms with van der Waals surface area (Å²) in [5.41, 5.74) is -0.111. The van der Waals surface area contributed by atoms with Gasteiger partial charge in [0.1, 0.15) is 10.7 Å². The molecule has 8 nitrogen and oxygen atoms in total. The topological polar surface area (TPSA) is 118 Å². The number of nitrogens with zero attached hydrogens (tertiary/aromatic N) is 1. The van der Waals surface area contributed by atoms with Crippen molar-refractivity contribution in [2.24, 2.45) is 0 Å². The monoisotopic (exact) mass is 449 g/mol. The van der Waals surface area contributed by atoms with E-state index in [1.54, 1.807) is 0 Å². The van der Waals surface area contributed by atoms with Gasteiger partial charge in [-0.05, 0) is 42.5 Å². The average Bonchev–Trinajstić information content (AvgIpc) is 2.70. The van der Waals surface area contributed by atoms with E-state index in [1.807, 2.05) is 0 Å². The normalized spacial score (nSPS) is 11.0. The predicted octanol–water partition coefficient (Wildman–Crippen LogP) is 4.44. The first-order valence-corrected chi connectivity index (χ1v) is 10.2. The van der Waals surface area contributed by atoms with Crippen molar-refractivity contribution in [3.63, 3.8) is 0 Å². The lowest BCUT2D eigenvalue weighted by atomic mass is 10.2. The van der Waals surface area contributed by atoms with Gasteiger partial charge in [0.2, 0.25) is 0 Å². The van der Waals surface area contributed by atoms with Crippen LogP contribution in [0.5, 0.6) is 0 Å². The van der Waals surface area contributed by atoms with Crippen molar-refractivity contribution in [2.75, 3.05) is 10.0 Å². The second-order valence-corrected chi connectivity index (χ2v) is 8.07. The fourth-order valence-electron chi connectivity index (χ4n) is 2.50. The van der Waals surface area contributed by atoms with Crippen LogP contribution in [0.15, 0.2) is 71.6 Å². The van der Waals surface area contributed by atoms with E-state index in [4.69, 9.17) is 11.6 Å². The smallest absolute Gasteiger partial charge is 0.269 e. The van der Waals surface area contributed by atoms with Crippen LogP contribution in [-0.2, 0) is 10.0 Å². The molecule has 0 saturated carbocycles. The minimum absolute atomic E-state index is 0.0192. The van der Waals surface area contributed by atoms with Gasteiger partial charge in [0, 0.05) is 22.7 Å². The molecule has 11 heteroatoms. The van der Waals surface area contributed by atoms with Crippen molar-refractivity contribution in [3.8, 4) is 0 Å². The van der Waals surface area contributed by atoms with Gasteiger partial charge < -0.3 is 5.32 Å². The van der Waals surface area contributed by atoms with Crippen LogP contribution < -0.4 is 10.0 Å². The highest BCUT2D eigenvalue weighted by Gasteiger charge is 2.21. The molecule has 0 spiro atoms. The van der Waals surface area contributed by atoms with E-state index in [0.717, 1.165) is 24.3 Å². The van der Waals surface area contributed by atoms with E-state index < -0.39 is 31.6 Å². The molecule has 154 valence electrons. The number of anilines is 2. The summed E-state index contributed by atoms with van der Waals surface area (Å²) in [7, 11) is -4.29. The van der Waals surface area contributed by atoms with Crippen LogP contribution in [0, 0.1) is 15.9 Å².